The molecule has 1 nitrogen and oxygen atoms in total. The first-order valence-corrected chi connectivity index (χ1v) is 3.46. The van der Waals surface area contributed by atoms with Crippen LogP contribution in [0.1, 0.15) is 6.42 Å². The lowest BCUT2D eigenvalue weighted by Gasteiger charge is -2.13. The highest BCUT2D eigenvalue weighted by Gasteiger charge is 2.04. The SMILES string of the molecule is C1=CCC2=CNC=CC2=C1. The minimum atomic E-state index is 1.06. The van der Waals surface area contributed by atoms with Crippen molar-refractivity contribution >= 4 is 0 Å². The molecule has 10 heavy (non-hydrogen) atoms. The van der Waals surface area contributed by atoms with Gasteiger partial charge in [-0.2, -0.15) is 0 Å². The quantitative estimate of drug-likeness (QED) is 0.529. The Kier molecular flexibility index (Phi) is 1.21. The lowest BCUT2D eigenvalue weighted by atomic mass is 9.98. The Labute approximate surface area is 60.4 Å². The maximum absolute atomic E-state index is 3.07. The average Bonchev–Trinajstić information content (AvgIpc) is 2.05. The maximum atomic E-state index is 3.07. The zero-order valence-corrected chi connectivity index (χ0v) is 5.67. The third-order valence-corrected chi connectivity index (χ3v) is 1.74. The summed E-state index contributed by atoms with van der Waals surface area (Å²) in [5, 5.41) is 3.07. The van der Waals surface area contributed by atoms with Gasteiger partial charge in [-0.3, -0.25) is 0 Å². The van der Waals surface area contributed by atoms with E-state index in [9.17, 15) is 0 Å². The third-order valence-electron chi connectivity index (χ3n) is 1.74. The summed E-state index contributed by atoms with van der Waals surface area (Å²) in [4.78, 5) is 0. The molecule has 0 saturated carbocycles. The molecule has 0 saturated heterocycles. The minimum Gasteiger partial charge on any atom is -0.367 e. The molecule has 0 aromatic rings. The van der Waals surface area contributed by atoms with Crippen LogP contribution >= 0.6 is 0 Å². The summed E-state index contributed by atoms with van der Waals surface area (Å²) in [6.45, 7) is 0. The Balaban J connectivity index is 2.39. The Hall–Kier alpha value is -1.24. The lowest BCUT2D eigenvalue weighted by Crippen LogP contribution is -2.04. The number of hydrogen-bond acceptors (Lipinski definition) is 1. The summed E-state index contributed by atoms with van der Waals surface area (Å²) >= 11 is 0. The number of rotatable bonds is 0. The smallest absolute Gasteiger partial charge is 0.00459 e. The molecule has 0 bridgehead atoms. The molecule has 1 aliphatic carbocycles. The molecule has 0 aromatic carbocycles. The van der Waals surface area contributed by atoms with Gasteiger partial charge in [-0.15, -0.1) is 0 Å². The Morgan fingerprint density at radius 1 is 1.40 bits per heavy atom. The zero-order chi connectivity index (χ0) is 6.81. The van der Waals surface area contributed by atoms with Crippen LogP contribution in [0.4, 0.5) is 0 Å². The Bertz CT molecular complexity index is 254. The molecule has 1 N–H and O–H groups in total. The molecule has 0 unspecified atom stereocenters. The van der Waals surface area contributed by atoms with E-state index in [-0.39, 0.29) is 0 Å². The molecule has 1 heterocycles. The fourth-order valence-electron chi connectivity index (χ4n) is 1.18. The second-order valence-corrected chi connectivity index (χ2v) is 2.42. The molecular formula is C9H9N. The normalized spacial score (nSPS) is 20.8. The van der Waals surface area contributed by atoms with Crippen LogP contribution < -0.4 is 5.32 Å². The molecule has 1 heteroatoms. The van der Waals surface area contributed by atoms with Gasteiger partial charge < -0.3 is 5.32 Å². The molecule has 2 rings (SSSR count). The highest BCUT2D eigenvalue weighted by molar-refractivity contribution is 5.47. The van der Waals surface area contributed by atoms with Gasteiger partial charge in [0.05, 0.1) is 0 Å². The summed E-state index contributed by atoms with van der Waals surface area (Å²) in [7, 11) is 0. The highest BCUT2D eigenvalue weighted by atomic mass is 14.8. The zero-order valence-electron chi connectivity index (χ0n) is 5.67. The van der Waals surface area contributed by atoms with Crippen LogP contribution in [-0.4, -0.2) is 0 Å². The fourth-order valence-corrected chi connectivity index (χ4v) is 1.18. The van der Waals surface area contributed by atoms with Crippen LogP contribution in [0.25, 0.3) is 0 Å². The number of allylic oxidation sites excluding steroid dienone is 6. The Morgan fingerprint density at radius 2 is 2.40 bits per heavy atom. The fraction of sp³-hybridized carbons (Fsp3) is 0.111. The van der Waals surface area contributed by atoms with Gasteiger partial charge in [-0.05, 0) is 23.6 Å². The molecule has 0 radical (unpaired) electrons. The molecule has 0 fully saturated rings. The van der Waals surface area contributed by atoms with Gasteiger partial charge in [0.25, 0.3) is 0 Å². The molecule has 2 aliphatic rings. The van der Waals surface area contributed by atoms with Crippen LogP contribution in [0, 0.1) is 0 Å². The minimum absolute atomic E-state index is 1.06. The summed E-state index contributed by atoms with van der Waals surface area (Å²) in [5.74, 6) is 0. The summed E-state index contributed by atoms with van der Waals surface area (Å²) in [5.41, 5.74) is 2.71. The molecule has 0 atom stereocenters. The van der Waals surface area contributed by atoms with Crippen LogP contribution in [0.5, 0.6) is 0 Å². The van der Waals surface area contributed by atoms with E-state index >= 15 is 0 Å². The van der Waals surface area contributed by atoms with E-state index in [1.807, 2.05) is 6.20 Å². The second kappa shape index (κ2) is 2.18. The van der Waals surface area contributed by atoms with Crippen LogP contribution in [-0.2, 0) is 0 Å². The van der Waals surface area contributed by atoms with E-state index in [1.165, 1.54) is 11.1 Å². The van der Waals surface area contributed by atoms with E-state index in [2.05, 4.69) is 35.8 Å². The van der Waals surface area contributed by atoms with E-state index < -0.39 is 0 Å². The van der Waals surface area contributed by atoms with Crippen molar-refractivity contribution in [1.82, 2.24) is 5.32 Å². The van der Waals surface area contributed by atoms with E-state index in [4.69, 9.17) is 0 Å². The first kappa shape index (κ1) is 5.54. The Morgan fingerprint density at radius 3 is 3.30 bits per heavy atom. The topological polar surface area (TPSA) is 12.0 Å². The first-order valence-electron chi connectivity index (χ1n) is 3.46. The molecule has 0 aromatic heterocycles. The predicted octanol–water partition coefficient (Wildman–Crippen LogP) is 1.87. The summed E-state index contributed by atoms with van der Waals surface area (Å²) in [6.07, 6.45) is 13.6. The van der Waals surface area contributed by atoms with Gasteiger partial charge in [0, 0.05) is 12.4 Å². The van der Waals surface area contributed by atoms with Crippen molar-refractivity contribution in [3.05, 3.63) is 47.9 Å². The van der Waals surface area contributed by atoms with Crippen molar-refractivity contribution in [2.45, 2.75) is 6.42 Å². The van der Waals surface area contributed by atoms with Crippen molar-refractivity contribution in [2.75, 3.05) is 0 Å². The average molecular weight is 131 g/mol. The standard InChI is InChI=1S/C9H9N/c1-2-4-9-7-10-6-5-8(9)3-1/h1-3,5-7,10H,4H2. The number of fused-ring (bicyclic) bond motifs is 1. The molecular weight excluding hydrogens is 122 g/mol. The van der Waals surface area contributed by atoms with E-state index in [0.29, 0.717) is 0 Å². The summed E-state index contributed by atoms with van der Waals surface area (Å²) in [6, 6.07) is 0. The third kappa shape index (κ3) is 0.798. The van der Waals surface area contributed by atoms with Gasteiger partial charge in [0.15, 0.2) is 0 Å². The second-order valence-electron chi connectivity index (χ2n) is 2.42. The highest BCUT2D eigenvalue weighted by Crippen LogP contribution is 2.21. The van der Waals surface area contributed by atoms with Gasteiger partial charge in [0.2, 0.25) is 0 Å². The van der Waals surface area contributed by atoms with Crippen molar-refractivity contribution in [2.24, 2.45) is 0 Å². The largest absolute Gasteiger partial charge is 0.367 e. The maximum Gasteiger partial charge on any atom is 0.00459 e. The first-order chi connectivity index (χ1) is 4.97. The van der Waals surface area contributed by atoms with Crippen LogP contribution in [0.2, 0.25) is 0 Å². The summed E-state index contributed by atoms with van der Waals surface area (Å²) < 4.78 is 0. The van der Waals surface area contributed by atoms with E-state index in [1.54, 1.807) is 0 Å². The van der Waals surface area contributed by atoms with Crippen molar-refractivity contribution in [3.63, 3.8) is 0 Å². The monoisotopic (exact) mass is 131 g/mol. The molecule has 1 aliphatic heterocycles. The van der Waals surface area contributed by atoms with Crippen molar-refractivity contribution in [3.8, 4) is 0 Å². The number of nitrogens with one attached hydrogen (secondary N) is 1. The lowest BCUT2D eigenvalue weighted by molar-refractivity contribution is 1.07. The van der Waals surface area contributed by atoms with Crippen LogP contribution in [0.15, 0.2) is 47.9 Å². The van der Waals surface area contributed by atoms with Crippen molar-refractivity contribution < 1.29 is 0 Å². The number of hydrogen-bond donors (Lipinski definition) is 1. The molecule has 0 amide bonds. The van der Waals surface area contributed by atoms with E-state index in [0.717, 1.165) is 6.42 Å². The predicted molar refractivity (Wildman–Crippen MR) is 42.2 cm³/mol. The van der Waals surface area contributed by atoms with Gasteiger partial charge >= 0.3 is 0 Å². The van der Waals surface area contributed by atoms with Crippen molar-refractivity contribution in [1.29, 1.82) is 0 Å². The van der Waals surface area contributed by atoms with Gasteiger partial charge in [0.1, 0.15) is 0 Å². The molecule has 50 valence electrons. The molecule has 0 spiro atoms. The van der Waals surface area contributed by atoms with Gasteiger partial charge in [-0.1, -0.05) is 18.2 Å². The van der Waals surface area contributed by atoms with Gasteiger partial charge in [-0.25, -0.2) is 0 Å². The number of dihydropyridines is 1. The van der Waals surface area contributed by atoms with Crippen LogP contribution in [0.3, 0.4) is 0 Å².